The molecule has 1 fully saturated rings. The fraction of sp³-hybridized carbons (Fsp3) is 0.455. The van der Waals surface area contributed by atoms with Gasteiger partial charge in [-0.05, 0) is 6.07 Å². The third-order valence-electron chi connectivity index (χ3n) is 3.00. The van der Waals surface area contributed by atoms with Crippen LogP contribution < -0.4 is 11.4 Å². The Morgan fingerprint density at radius 1 is 1.74 bits per heavy atom. The fourth-order valence-corrected chi connectivity index (χ4v) is 1.90. The van der Waals surface area contributed by atoms with Crippen LogP contribution in [0.4, 0.5) is 5.82 Å². The molecule has 2 rings (SSSR count). The maximum Gasteiger partial charge on any atom is 0.351 e. The molecule has 1 aliphatic rings. The molecule has 0 aromatic carbocycles. The number of aromatic nitrogens is 2. The first-order chi connectivity index (χ1) is 9.45. The number of hydrogen-bond donors (Lipinski definition) is 4. The van der Waals surface area contributed by atoms with Crippen molar-refractivity contribution in [3.8, 4) is 12.3 Å². The van der Waals surface area contributed by atoms with Crippen LogP contribution in [0.1, 0.15) is 7.60 Å². The first-order valence-electron chi connectivity index (χ1n) is 5.88. The van der Waals surface area contributed by atoms with Gasteiger partial charge in [0.1, 0.15) is 19.4 Å². The number of nitrogens with two attached hydrogens (primary N) is 1. The zero-order chi connectivity index (χ0) is 14.9. The highest BCUT2D eigenvalue weighted by Gasteiger charge is 2.54. The van der Waals surface area contributed by atoms with E-state index < -0.39 is 36.3 Å². The number of hydrogen-bond acceptors (Lipinski definition) is 7. The van der Waals surface area contributed by atoms with Gasteiger partial charge in [0.2, 0.25) is 0 Å². The minimum atomic E-state index is -1.83. The summed E-state index contributed by atoms with van der Waals surface area (Å²) in [4.78, 5) is 15.2. The van der Waals surface area contributed by atoms with Crippen molar-refractivity contribution >= 4 is 5.82 Å². The second kappa shape index (κ2) is 4.64. The minimum absolute atomic E-state index is 0.00124. The standard InChI is InChI=1S/C11H13N3O5/c1-2-11(5-15)8(17)7(16)9(19-11)14-4-3-6(12)13-10(14)18/h1,3-4,7-9,15-17H,5H2,(H2,12,13,18)/t7-,8-,9?,11+/m0/s1/i1D. The predicted octanol–water partition coefficient (Wildman–Crippen LogP) is -2.56. The molecule has 1 aromatic heterocycles. The Hall–Kier alpha value is -1.92. The van der Waals surface area contributed by atoms with Gasteiger partial charge >= 0.3 is 5.69 Å². The molecule has 102 valence electrons. The largest absolute Gasteiger partial charge is 0.392 e. The SMILES string of the molecule is [2H]C#C[C@]1(CO)OC(n2ccc(N)nc2=O)[C@@H](O)[C@@H]1O. The Labute approximate surface area is 109 Å². The first-order valence-corrected chi connectivity index (χ1v) is 5.38. The minimum Gasteiger partial charge on any atom is -0.392 e. The number of rotatable bonds is 2. The average molecular weight is 268 g/mol. The number of terminal acetylenes is 1. The summed E-state index contributed by atoms with van der Waals surface area (Å²) in [7, 11) is 0. The summed E-state index contributed by atoms with van der Waals surface area (Å²) >= 11 is 0. The highest BCUT2D eigenvalue weighted by Crippen LogP contribution is 2.35. The number of anilines is 1. The van der Waals surface area contributed by atoms with Gasteiger partial charge in [-0.15, -0.1) is 6.40 Å². The van der Waals surface area contributed by atoms with Crippen molar-refractivity contribution in [2.45, 2.75) is 24.0 Å². The molecule has 1 aromatic rings. The van der Waals surface area contributed by atoms with Gasteiger partial charge in [0.25, 0.3) is 0 Å². The molecule has 19 heavy (non-hydrogen) atoms. The molecule has 8 nitrogen and oxygen atoms in total. The lowest BCUT2D eigenvalue weighted by Gasteiger charge is -2.23. The average Bonchev–Trinajstić information content (AvgIpc) is 2.65. The van der Waals surface area contributed by atoms with E-state index in [0.29, 0.717) is 0 Å². The molecule has 1 aliphatic heterocycles. The van der Waals surface area contributed by atoms with Crippen molar-refractivity contribution in [1.82, 2.24) is 9.55 Å². The lowest BCUT2D eigenvalue weighted by Crippen LogP contribution is -2.45. The molecular weight excluding hydrogens is 254 g/mol. The maximum absolute atomic E-state index is 11.7. The highest BCUT2D eigenvalue weighted by atomic mass is 16.6. The van der Waals surface area contributed by atoms with Gasteiger partial charge in [0.05, 0.1) is 6.61 Å². The van der Waals surface area contributed by atoms with Crippen molar-refractivity contribution in [3.63, 3.8) is 0 Å². The van der Waals surface area contributed by atoms with E-state index in [1.807, 2.05) is 0 Å². The van der Waals surface area contributed by atoms with Crippen LogP contribution in [0.25, 0.3) is 0 Å². The van der Waals surface area contributed by atoms with Crippen LogP contribution in [0, 0.1) is 12.3 Å². The molecule has 0 aliphatic carbocycles. The quantitative estimate of drug-likeness (QED) is 0.434. The van der Waals surface area contributed by atoms with E-state index in [1.54, 1.807) is 6.40 Å². The van der Waals surface area contributed by atoms with Crippen molar-refractivity contribution in [3.05, 3.63) is 22.7 Å². The zero-order valence-corrected chi connectivity index (χ0v) is 9.72. The van der Waals surface area contributed by atoms with E-state index in [0.717, 1.165) is 4.57 Å². The van der Waals surface area contributed by atoms with E-state index >= 15 is 0 Å². The molecule has 0 bridgehead atoms. The fourth-order valence-electron chi connectivity index (χ4n) is 1.90. The van der Waals surface area contributed by atoms with Crippen molar-refractivity contribution in [2.24, 2.45) is 0 Å². The lowest BCUT2D eigenvalue weighted by atomic mass is 9.97. The number of nitrogens with zero attached hydrogens (tertiary/aromatic N) is 2. The van der Waals surface area contributed by atoms with Crippen LogP contribution in [0.5, 0.6) is 0 Å². The molecule has 0 radical (unpaired) electrons. The first kappa shape index (κ1) is 12.1. The third-order valence-corrected chi connectivity index (χ3v) is 3.00. The summed E-state index contributed by atoms with van der Waals surface area (Å²) in [5.41, 5.74) is 2.74. The van der Waals surface area contributed by atoms with Gasteiger partial charge in [0, 0.05) is 6.20 Å². The molecule has 0 spiro atoms. The molecule has 1 unspecified atom stereocenters. The summed E-state index contributed by atoms with van der Waals surface area (Å²) in [6, 6.07) is 1.32. The molecular formula is C11H13N3O5. The Kier molecular flexibility index (Phi) is 2.96. The molecule has 1 saturated heterocycles. The monoisotopic (exact) mass is 268 g/mol. The summed E-state index contributed by atoms with van der Waals surface area (Å²) < 4.78 is 13.1. The maximum atomic E-state index is 11.7. The highest BCUT2D eigenvalue weighted by molar-refractivity contribution is 5.24. The molecule has 0 amide bonds. The third kappa shape index (κ3) is 1.98. The molecule has 8 heteroatoms. The van der Waals surface area contributed by atoms with E-state index in [-0.39, 0.29) is 5.82 Å². The predicted molar refractivity (Wildman–Crippen MR) is 63.7 cm³/mol. The van der Waals surface area contributed by atoms with E-state index in [4.69, 9.17) is 11.8 Å². The van der Waals surface area contributed by atoms with Crippen molar-refractivity contribution in [1.29, 1.82) is 0 Å². The molecule has 0 saturated carbocycles. The Morgan fingerprint density at radius 3 is 3.05 bits per heavy atom. The van der Waals surface area contributed by atoms with Crippen molar-refractivity contribution in [2.75, 3.05) is 12.3 Å². The zero-order valence-electron chi connectivity index (χ0n) is 10.7. The topological polar surface area (TPSA) is 131 Å². The van der Waals surface area contributed by atoms with Gasteiger partial charge in [-0.1, -0.05) is 5.92 Å². The van der Waals surface area contributed by atoms with Crippen LogP contribution in [0.15, 0.2) is 17.1 Å². The Morgan fingerprint density at radius 2 is 2.47 bits per heavy atom. The lowest BCUT2D eigenvalue weighted by molar-refractivity contribution is -0.0935. The van der Waals surface area contributed by atoms with E-state index in [9.17, 15) is 20.1 Å². The van der Waals surface area contributed by atoms with Crippen LogP contribution in [-0.4, -0.2) is 49.3 Å². The Balaban J connectivity index is 2.44. The number of aliphatic hydroxyl groups excluding tert-OH is 3. The van der Waals surface area contributed by atoms with E-state index in [1.165, 1.54) is 12.3 Å². The smallest absolute Gasteiger partial charge is 0.351 e. The molecule has 4 atom stereocenters. The van der Waals surface area contributed by atoms with Gasteiger partial charge in [-0.25, -0.2) is 4.79 Å². The van der Waals surface area contributed by atoms with Crippen LogP contribution in [-0.2, 0) is 4.74 Å². The van der Waals surface area contributed by atoms with Gasteiger partial charge in [0.15, 0.2) is 11.8 Å². The normalized spacial score (nSPS) is 34.5. The van der Waals surface area contributed by atoms with Gasteiger partial charge in [-0.3, -0.25) is 4.57 Å². The van der Waals surface area contributed by atoms with Gasteiger partial charge < -0.3 is 25.8 Å². The summed E-state index contributed by atoms with van der Waals surface area (Å²) in [5.74, 6) is 2.19. The molecule has 5 N–H and O–H groups in total. The summed E-state index contributed by atoms with van der Waals surface area (Å²) in [6.07, 6.45) is -1.39. The second-order valence-electron chi connectivity index (χ2n) is 4.16. The Bertz CT molecular complexity index is 624. The van der Waals surface area contributed by atoms with Crippen molar-refractivity contribution < 1.29 is 21.4 Å². The summed E-state index contributed by atoms with van der Waals surface area (Å²) in [5, 5.41) is 29.2. The van der Waals surface area contributed by atoms with Crippen LogP contribution in [0.2, 0.25) is 0 Å². The second-order valence-corrected chi connectivity index (χ2v) is 4.16. The molecule has 2 heterocycles. The van der Waals surface area contributed by atoms with E-state index in [2.05, 4.69) is 10.9 Å². The number of ether oxygens (including phenoxy) is 1. The summed E-state index contributed by atoms with van der Waals surface area (Å²) in [6.45, 7) is -0.745. The number of aliphatic hydroxyl groups is 3. The number of nitrogen functional groups attached to an aromatic ring is 1. The van der Waals surface area contributed by atoms with Gasteiger partial charge in [-0.2, -0.15) is 4.98 Å². The van der Waals surface area contributed by atoms with Crippen LogP contribution in [0.3, 0.4) is 0 Å². The van der Waals surface area contributed by atoms with Crippen LogP contribution >= 0.6 is 0 Å².